The number of hydrogen-bond acceptors (Lipinski definition) is 1. The van der Waals surface area contributed by atoms with Crippen LogP contribution >= 0.6 is 27.5 Å². The molecule has 0 N–H and O–H groups in total. The molecule has 4 heteroatoms. The fourth-order valence-corrected chi connectivity index (χ4v) is 2.21. The van der Waals surface area contributed by atoms with Gasteiger partial charge in [-0.25, -0.2) is 4.39 Å². The Morgan fingerprint density at radius 3 is 2.50 bits per heavy atom. The predicted octanol–water partition coefficient (Wildman–Crippen LogP) is 4.67. The molecule has 1 nitrogen and oxygen atoms in total. The molecule has 0 aromatic heterocycles. The summed E-state index contributed by atoms with van der Waals surface area (Å²) in [6, 6.07) is 11.5. The van der Waals surface area contributed by atoms with Gasteiger partial charge in [-0.15, -0.1) is 0 Å². The van der Waals surface area contributed by atoms with Crippen LogP contribution in [0.1, 0.15) is 15.9 Å². The summed E-state index contributed by atoms with van der Waals surface area (Å²) < 4.78 is 13.5. The van der Waals surface area contributed by atoms with Crippen molar-refractivity contribution in [1.82, 2.24) is 0 Å². The summed E-state index contributed by atoms with van der Waals surface area (Å²) in [7, 11) is 0. The van der Waals surface area contributed by atoms with Crippen LogP contribution in [0.3, 0.4) is 0 Å². The highest BCUT2D eigenvalue weighted by atomic mass is 79.9. The molecule has 0 atom stereocenters. The van der Waals surface area contributed by atoms with Gasteiger partial charge in [0, 0.05) is 17.0 Å². The van der Waals surface area contributed by atoms with E-state index in [1.54, 1.807) is 30.3 Å². The van der Waals surface area contributed by atoms with Gasteiger partial charge in [0.1, 0.15) is 5.82 Å². The molecule has 0 aliphatic carbocycles. The number of rotatable bonds is 3. The van der Waals surface area contributed by atoms with E-state index in [0.717, 1.165) is 5.56 Å². The molecule has 92 valence electrons. The summed E-state index contributed by atoms with van der Waals surface area (Å²) in [4.78, 5) is 12.0. The van der Waals surface area contributed by atoms with Crippen LogP contribution in [0.5, 0.6) is 0 Å². The third-order valence-corrected chi connectivity index (χ3v) is 3.59. The van der Waals surface area contributed by atoms with Gasteiger partial charge in [-0.2, -0.15) is 0 Å². The molecule has 2 rings (SSSR count). The fourth-order valence-electron chi connectivity index (χ4n) is 1.60. The van der Waals surface area contributed by atoms with E-state index in [1.165, 1.54) is 12.1 Å². The van der Waals surface area contributed by atoms with Gasteiger partial charge >= 0.3 is 0 Å². The van der Waals surface area contributed by atoms with E-state index in [0.29, 0.717) is 10.6 Å². The summed E-state index contributed by atoms with van der Waals surface area (Å²) in [5.41, 5.74) is 1.20. The van der Waals surface area contributed by atoms with E-state index in [1.807, 2.05) is 0 Å². The molecule has 18 heavy (non-hydrogen) atoms. The van der Waals surface area contributed by atoms with Gasteiger partial charge in [0.2, 0.25) is 0 Å². The van der Waals surface area contributed by atoms with E-state index in [-0.39, 0.29) is 16.7 Å². The van der Waals surface area contributed by atoms with Crippen molar-refractivity contribution in [3.63, 3.8) is 0 Å². The number of hydrogen-bond donors (Lipinski definition) is 0. The highest BCUT2D eigenvalue weighted by Gasteiger charge is 2.13. The number of carbonyl (C=O) groups is 1. The number of carbonyl (C=O) groups excluding carboxylic acids is 1. The first-order valence-corrected chi connectivity index (χ1v) is 6.46. The lowest BCUT2D eigenvalue weighted by atomic mass is 10.0. The summed E-state index contributed by atoms with van der Waals surface area (Å²) in [6.45, 7) is 0. The molecule has 0 radical (unpaired) electrons. The maximum Gasteiger partial charge on any atom is 0.168 e. The first kappa shape index (κ1) is 13.2. The van der Waals surface area contributed by atoms with E-state index in [9.17, 15) is 9.18 Å². The zero-order valence-electron chi connectivity index (χ0n) is 9.29. The van der Waals surface area contributed by atoms with Gasteiger partial charge < -0.3 is 0 Å². The second kappa shape index (κ2) is 5.63. The lowest BCUT2D eigenvalue weighted by Gasteiger charge is -2.05. The lowest BCUT2D eigenvalue weighted by molar-refractivity contribution is 0.0991. The SMILES string of the molecule is O=C(Cc1ccc(Cl)cc1)c1cccc(F)c1Br. The Balaban J connectivity index is 2.22. The number of benzene rings is 2. The zero-order valence-corrected chi connectivity index (χ0v) is 11.6. The maximum absolute atomic E-state index is 13.3. The molecule has 0 spiro atoms. The lowest BCUT2D eigenvalue weighted by Crippen LogP contribution is -2.05. The number of Topliss-reactive ketones (excluding diaryl/α,β-unsaturated/α-hetero) is 1. The Bertz CT molecular complexity index is 581. The molecule has 0 heterocycles. The van der Waals surface area contributed by atoms with Crippen LogP contribution in [0.4, 0.5) is 4.39 Å². The summed E-state index contributed by atoms with van der Waals surface area (Å²) in [5.74, 6) is -0.569. The van der Waals surface area contributed by atoms with E-state index >= 15 is 0 Å². The minimum absolute atomic E-state index is 0.135. The molecular formula is C14H9BrClFO. The molecule has 0 unspecified atom stereocenters. The van der Waals surface area contributed by atoms with Crippen LogP contribution in [0.15, 0.2) is 46.9 Å². The monoisotopic (exact) mass is 326 g/mol. The summed E-state index contributed by atoms with van der Waals surface area (Å²) in [5, 5.41) is 0.623. The Kier molecular flexibility index (Phi) is 4.15. The topological polar surface area (TPSA) is 17.1 Å². The normalized spacial score (nSPS) is 10.4. The van der Waals surface area contributed by atoms with Crippen LogP contribution in [-0.2, 0) is 6.42 Å². The molecule has 0 aliphatic heterocycles. The highest BCUT2D eigenvalue weighted by molar-refractivity contribution is 9.10. The van der Waals surface area contributed by atoms with Gasteiger partial charge in [0.15, 0.2) is 5.78 Å². The summed E-state index contributed by atoms with van der Waals surface area (Å²) in [6.07, 6.45) is 0.221. The molecule has 2 aromatic rings. The first-order valence-electron chi connectivity index (χ1n) is 5.29. The van der Waals surface area contributed by atoms with Crippen molar-refractivity contribution in [1.29, 1.82) is 0 Å². The van der Waals surface area contributed by atoms with E-state index in [4.69, 9.17) is 11.6 Å². The van der Waals surface area contributed by atoms with Crippen molar-refractivity contribution in [2.24, 2.45) is 0 Å². The highest BCUT2D eigenvalue weighted by Crippen LogP contribution is 2.22. The standard InChI is InChI=1S/C14H9BrClFO/c15-14-11(2-1-3-12(14)17)13(18)8-9-4-6-10(16)7-5-9/h1-7H,8H2. The van der Waals surface area contributed by atoms with Crippen molar-refractivity contribution in [3.05, 3.63) is 68.9 Å². The Morgan fingerprint density at radius 2 is 1.83 bits per heavy atom. The smallest absolute Gasteiger partial charge is 0.168 e. The van der Waals surface area contributed by atoms with Crippen molar-refractivity contribution in [3.8, 4) is 0 Å². The second-order valence-electron chi connectivity index (χ2n) is 3.83. The van der Waals surface area contributed by atoms with Gasteiger partial charge in [-0.1, -0.05) is 35.9 Å². The summed E-state index contributed by atoms with van der Waals surface area (Å²) >= 11 is 8.86. The molecule has 0 fully saturated rings. The molecule has 0 amide bonds. The minimum atomic E-state index is -0.433. The predicted molar refractivity (Wildman–Crippen MR) is 73.6 cm³/mol. The van der Waals surface area contributed by atoms with Crippen molar-refractivity contribution < 1.29 is 9.18 Å². The molecule has 0 aliphatic rings. The molecular weight excluding hydrogens is 319 g/mol. The van der Waals surface area contributed by atoms with Gasteiger partial charge in [0.05, 0.1) is 4.47 Å². The van der Waals surface area contributed by atoms with Gasteiger partial charge in [-0.3, -0.25) is 4.79 Å². The minimum Gasteiger partial charge on any atom is -0.294 e. The fraction of sp³-hybridized carbons (Fsp3) is 0.0714. The van der Waals surface area contributed by atoms with Crippen molar-refractivity contribution >= 4 is 33.3 Å². The van der Waals surface area contributed by atoms with E-state index < -0.39 is 5.82 Å². The second-order valence-corrected chi connectivity index (χ2v) is 5.06. The van der Waals surface area contributed by atoms with Gasteiger partial charge in [-0.05, 0) is 39.7 Å². The Morgan fingerprint density at radius 1 is 1.17 bits per heavy atom. The number of ketones is 1. The third-order valence-electron chi connectivity index (χ3n) is 2.53. The van der Waals surface area contributed by atoms with Gasteiger partial charge in [0.25, 0.3) is 0 Å². The zero-order chi connectivity index (χ0) is 13.1. The maximum atomic E-state index is 13.3. The van der Waals surface area contributed by atoms with Crippen LogP contribution in [-0.4, -0.2) is 5.78 Å². The molecule has 0 saturated carbocycles. The largest absolute Gasteiger partial charge is 0.294 e. The van der Waals surface area contributed by atoms with Crippen molar-refractivity contribution in [2.75, 3.05) is 0 Å². The Hall–Kier alpha value is -1.19. The quantitative estimate of drug-likeness (QED) is 0.749. The number of halogens is 3. The Labute approximate surface area is 118 Å². The van der Waals surface area contributed by atoms with E-state index in [2.05, 4.69) is 15.9 Å². The average Bonchev–Trinajstić information content (AvgIpc) is 2.35. The van der Waals surface area contributed by atoms with Crippen LogP contribution in [0.25, 0.3) is 0 Å². The van der Waals surface area contributed by atoms with Crippen LogP contribution in [0.2, 0.25) is 5.02 Å². The first-order chi connectivity index (χ1) is 8.58. The van der Waals surface area contributed by atoms with Crippen LogP contribution in [0, 0.1) is 5.82 Å². The third kappa shape index (κ3) is 2.98. The molecule has 0 saturated heterocycles. The van der Waals surface area contributed by atoms with Crippen molar-refractivity contribution in [2.45, 2.75) is 6.42 Å². The average molecular weight is 328 g/mol. The van der Waals surface area contributed by atoms with Crippen LogP contribution < -0.4 is 0 Å². The molecule has 0 bridgehead atoms. The molecule has 2 aromatic carbocycles.